The van der Waals surface area contributed by atoms with Gasteiger partial charge in [-0.2, -0.15) is 15.0 Å². The highest BCUT2D eigenvalue weighted by atomic mass is 16.5. The Kier molecular flexibility index (Phi) is 3.84. The van der Waals surface area contributed by atoms with E-state index in [0.717, 1.165) is 11.5 Å². The molecule has 0 aliphatic rings. The van der Waals surface area contributed by atoms with Gasteiger partial charge in [-0.25, -0.2) is 0 Å². The maximum absolute atomic E-state index is 5.60. The second kappa shape index (κ2) is 5.55. The SMILES string of the molecule is Cc1ccc(CNc2nc(N)nc(OC(C)C)n2)o1. The molecule has 102 valence electrons. The molecule has 0 atom stereocenters. The second-order valence-electron chi connectivity index (χ2n) is 4.33. The molecule has 0 amide bonds. The number of rotatable bonds is 5. The number of nitrogens with two attached hydrogens (primary N) is 1. The predicted octanol–water partition coefficient (Wildman–Crippen LogP) is 1.75. The first-order chi connectivity index (χ1) is 9.02. The van der Waals surface area contributed by atoms with Gasteiger partial charge in [0.15, 0.2) is 0 Å². The lowest BCUT2D eigenvalue weighted by Gasteiger charge is -2.09. The number of nitrogens with one attached hydrogen (secondary N) is 1. The van der Waals surface area contributed by atoms with E-state index in [9.17, 15) is 0 Å². The van der Waals surface area contributed by atoms with E-state index in [1.54, 1.807) is 0 Å². The van der Waals surface area contributed by atoms with Gasteiger partial charge in [0, 0.05) is 0 Å². The third-order valence-corrected chi connectivity index (χ3v) is 2.19. The van der Waals surface area contributed by atoms with Gasteiger partial charge in [0.25, 0.3) is 0 Å². The van der Waals surface area contributed by atoms with Crippen molar-refractivity contribution >= 4 is 11.9 Å². The number of nitrogen functional groups attached to an aromatic ring is 1. The van der Waals surface area contributed by atoms with Crippen LogP contribution in [0.5, 0.6) is 6.01 Å². The van der Waals surface area contributed by atoms with E-state index in [-0.39, 0.29) is 18.1 Å². The Morgan fingerprint density at radius 1 is 1.32 bits per heavy atom. The predicted molar refractivity (Wildman–Crippen MR) is 70.8 cm³/mol. The molecule has 19 heavy (non-hydrogen) atoms. The van der Waals surface area contributed by atoms with E-state index in [0.29, 0.717) is 12.5 Å². The van der Waals surface area contributed by atoms with Crippen LogP contribution < -0.4 is 15.8 Å². The van der Waals surface area contributed by atoms with Gasteiger partial charge in [0.05, 0.1) is 12.6 Å². The van der Waals surface area contributed by atoms with Crippen LogP contribution in [0, 0.1) is 6.92 Å². The second-order valence-corrected chi connectivity index (χ2v) is 4.33. The van der Waals surface area contributed by atoms with Crippen molar-refractivity contribution in [3.05, 3.63) is 23.7 Å². The summed E-state index contributed by atoms with van der Waals surface area (Å²) in [6, 6.07) is 3.99. The molecule has 0 radical (unpaired) electrons. The molecule has 0 aliphatic heterocycles. The molecule has 0 aliphatic carbocycles. The minimum atomic E-state index is -0.0256. The van der Waals surface area contributed by atoms with Crippen molar-refractivity contribution in [1.82, 2.24) is 15.0 Å². The van der Waals surface area contributed by atoms with Crippen LogP contribution in [-0.4, -0.2) is 21.1 Å². The van der Waals surface area contributed by atoms with Gasteiger partial charge in [0.1, 0.15) is 11.5 Å². The molecule has 3 N–H and O–H groups in total. The number of furan rings is 1. The Balaban J connectivity index is 2.05. The van der Waals surface area contributed by atoms with Crippen molar-refractivity contribution in [3.8, 4) is 6.01 Å². The van der Waals surface area contributed by atoms with Crippen LogP contribution in [0.3, 0.4) is 0 Å². The maximum atomic E-state index is 5.60. The Morgan fingerprint density at radius 2 is 2.11 bits per heavy atom. The molecule has 0 saturated carbocycles. The highest BCUT2D eigenvalue weighted by Crippen LogP contribution is 2.12. The van der Waals surface area contributed by atoms with Gasteiger partial charge in [-0.1, -0.05) is 0 Å². The Morgan fingerprint density at radius 3 is 2.74 bits per heavy atom. The van der Waals surface area contributed by atoms with E-state index in [1.807, 2.05) is 32.9 Å². The smallest absolute Gasteiger partial charge is 0.323 e. The molecule has 2 heterocycles. The standard InChI is InChI=1S/C12H17N5O2/c1-7(2)18-12-16-10(13)15-11(17-12)14-6-9-5-4-8(3)19-9/h4-5,7H,6H2,1-3H3,(H3,13,14,15,16,17). The molecule has 2 aromatic heterocycles. The molecule has 7 heteroatoms. The Bertz CT molecular complexity index is 553. The van der Waals surface area contributed by atoms with Crippen LogP contribution in [0.25, 0.3) is 0 Å². The summed E-state index contributed by atoms with van der Waals surface area (Å²) in [6.45, 7) is 6.13. The van der Waals surface area contributed by atoms with Crippen molar-refractivity contribution in [2.45, 2.75) is 33.4 Å². The minimum absolute atomic E-state index is 0.0256. The fourth-order valence-electron chi connectivity index (χ4n) is 1.46. The number of hydrogen-bond acceptors (Lipinski definition) is 7. The lowest BCUT2D eigenvalue weighted by molar-refractivity contribution is 0.222. The Hall–Kier alpha value is -2.31. The summed E-state index contributed by atoms with van der Waals surface area (Å²) >= 11 is 0. The summed E-state index contributed by atoms with van der Waals surface area (Å²) in [5.41, 5.74) is 5.60. The average Bonchev–Trinajstić information content (AvgIpc) is 2.71. The van der Waals surface area contributed by atoms with E-state index in [4.69, 9.17) is 14.9 Å². The Labute approximate surface area is 111 Å². The third kappa shape index (κ3) is 3.84. The molecular weight excluding hydrogens is 246 g/mol. The molecule has 0 fully saturated rings. The topological polar surface area (TPSA) is 99.1 Å². The minimum Gasteiger partial charge on any atom is -0.465 e. The fraction of sp³-hybridized carbons (Fsp3) is 0.417. The van der Waals surface area contributed by atoms with Crippen LogP contribution >= 0.6 is 0 Å². The lowest BCUT2D eigenvalue weighted by Crippen LogP contribution is -2.12. The van der Waals surface area contributed by atoms with Gasteiger partial charge in [-0.3, -0.25) is 0 Å². The largest absolute Gasteiger partial charge is 0.465 e. The number of hydrogen-bond donors (Lipinski definition) is 2. The van der Waals surface area contributed by atoms with Gasteiger partial charge < -0.3 is 20.2 Å². The van der Waals surface area contributed by atoms with E-state index in [1.165, 1.54) is 0 Å². The zero-order valence-corrected chi connectivity index (χ0v) is 11.2. The zero-order chi connectivity index (χ0) is 13.8. The van der Waals surface area contributed by atoms with Crippen molar-refractivity contribution in [2.24, 2.45) is 0 Å². The summed E-state index contributed by atoms with van der Waals surface area (Å²) in [7, 11) is 0. The molecule has 0 bridgehead atoms. The monoisotopic (exact) mass is 263 g/mol. The number of aryl methyl sites for hydroxylation is 1. The van der Waals surface area contributed by atoms with E-state index >= 15 is 0 Å². The first kappa shape index (κ1) is 13.1. The zero-order valence-electron chi connectivity index (χ0n) is 11.2. The summed E-state index contributed by atoms with van der Waals surface area (Å²) in [5.74, 6) is 2.12. The van der Waals surface area contributed by atoms with E-state index < -0.39 is 0 Å². The number of aromatic nitrogens is 3. The molecule has 7 nitrogen and oxygen atoms in total. The average molecular weight is 263 g/mol. The third-order valence-electron chi connectivity index (χ3n) is 2.19. The van der Waals surface area contributed by atoms with Gasteiger partial charge >= 0.3 is 6.01 Å². The summed E-state index contributed by atoms with van der Waals surface area (Å²) < 4.78 is 10.8. The maximum Gasteiger partial charge on any atom is 0.323 e. The highest BCUT2D eigenvalue weighted by molar-refractivity contribution is 5.33. The van der Waals surface area contributed by atoms with Crippen LogP contribution in [0.4, 0.5) is 11.9 Å². The van der Waals surface area contributed by atoms with Gasteiger partial charge in [-0.05, 0) is 32.9 Å². The fourth-order valence-corrected chi connectivity index (χ4v) is 1.46. The van der Waals surface area contributed by atoms with E-state index in [2.05, 4.69) is 20.3 Å². The molecule has 2 aromatic rings. The molecular formula is C12H17N5O2. The summed E-state index contributed by atoms with van der Waals surface area (Å²) in [4.78, 5) is 12.0. The first-order valence-electron chi connectivity index (χ1n) is 6.00. The van der Waals surface area contributed by atoms with Crippen molar-refractivity contribution in [1.29, 1.82) is 0 Å². The van der Waals surface area contributed by atoms with Crippen molar-refractivity contribution in [3.63, 3.8) is 0 Å². The number of nitrogens with zero attached hydrogens (tertiary/aromatic N) is 3. The molecule has 0 aromatic carbocycles. The summed E-state index contributed by atoms with van der Waals surface area (Å²) in [6.07, 6.45) is -0.0256. The number of ether oxygens (including phenoxy) is 1. The van der Waals surface area contributed by atoms with Crippen LogP contribution in [-0.2, 0) is 6.54 Å². The number of anilines is 2. The van der Waals surface area contributed by atoms with Crippen LogP contribution in [0.2, 0.25) is 0 Å². The lowest BCUT2D eigenvalue weighted by atomic mass is 10.4. The van der Waals surface area contributed by atoms with Crippen molar-refractivity contribution < 1.29 is 9.15 Å². The van der Waals surface area contributed by atoms with Gasteiger partial charge in [0.2, 0.25) is 11.9 Å². The van der Waals surface area contributed by atoms with Gasteiger partial charge in [-0.15, -0.1) is 0 Å². The first-order valence-corrected chi connectivity index (χ1v) is 6.00. The van der Waals surface area contributed by atoms with Crippen LogP contribution in [0.1, 0.15) is 25.4 Å². The van der Waals surface area contributed by atoms with Crippen LogP contribution in [0.15, 0.2) is 16.5 Å². The quantitative estimate of drug-likeness (QED) is 0.847. The normalized spacial score (nSPS) is 10.7. The molecule has 2 rings (SSSR count). The summed E-state index contributed by atoms with van der Waals surface area (Å²) in [5, 5.41) is 3.01. The highest BCUT2D eigenvalue weighted by Gasteiger charge is 2.07. The molecule has 0 unspecified atom stereocenters. The van der Waals surface area contributed by atoms with Crippen molar-refractivity contribution in [2.75, 3.05) is 11.1 Å². The molecule has 0 saturated heterocycles. The molecule has 0 spiro atoms.